The Balaban J connectivity index is 1.03. The van der Waals surface area contributed by atoms with Crippen LogP contribution in [0.5, 0.6) is 0 Å². The quantitative estimate of drug-likeness (QED) is 0.157. The predicted molar refractivity (Wildman–Crippen MR) is 274 cm³/mol. The van der Waals surface area contributed by atoms with Gasteiger partial charge in [0, 0.05) is 32.3 Å². The van der Waals surface area contributed by atoms with Gasteiger partial charge in [-0.1, -0.05) is 182 Å². The molecular formula is C62H38N2. The molecule has 0 saturated carbocycles. The highest BCUT2D eigenvalue weighted by atomic mass is 15.0. The molecule has 0 aliphatic carbocycles. The second-order valence-corrected chi connectivity index (χ2v) is 17.1. The predicted octanol–water partition coefficient (Wildman–Crippen LogP) is 17.0. The van der Waals surface area contributed by atoms with E-state index in [2.05, 4.69) is 240 Å². The van der Waals surface area contributed by atoms with E-state index in [0.717, 1.165) is 0 Å². The minimum atomic E-state index is 1.19. The summed E-state index contributed by atoms with van der Waals surface area (Å²) < 4.78 is 4.90. The molecule has 0 unspecified atom stereocenters. The van der Waals surface area contributed by atoms with Crippen LogP contribution < -0.4 is 0 Å². The normalized spacial score (nSPS) is 12.1. The summed E-state index contributed by atoms with van der Waals surface area (Å²) >= 11 is 0. The van der Waals surface area contributed by atoms with Crippen LogP contribution in [0.25, 0.3) is 131 Å². The Morgan fingerprint density at radius 2 is 0.469 bits per heavy atom. The van der Waals surface area contributed by atoms with Crippen LogP contribution in [0.1, 0.15) is 0 Å². The van der Waals surface area contributed by atoms with E-state index in [9.17, 15) is 0 Å². The first-order valence-electron chi connectivity index (χ1n) is 22.2. The molecule has 14 aromatic rings. The van der Waals surface area contributed by atoms with Crippen LogP contribution in [0.2, 0.25) is 0 Å². The minimum absolute atomic E-state index is 1.19. The number of hydrogen-bond donors (Lipinski definition) is 0. The molecule has 2 heterocycles. The van der Waals surface area contributed by atoms with Crippen molar-refractivity contribution in [3.63, 3.8) is 0 Å². The van der Waals surface area contributed by atoms with Crippen molar-refractivity contribution in [3.05, 3.63) is 231 Å². The molecule has 2 aromatic heterocycles. The Morgan fingerprint density at radius 3 is 0.812 bits per heavy atom. The van der Waals surface area contributed by atoms with Crippen LogP contribution >= 0.6 is 0 Å². The Labute approximate surface area is 369 Å². The summed E-state index contributed by atoms with van der Waals surface area (Å²) in [7, 11) is 0. The second-order valence-electron chi connectivity index (χ2n) is 17.1. The highest BCUT2D eigenvalue weighted by molar-refractivity contribution is 6.27. The van der Waals surface area contributed by atoms with Gasteiger partial charge >= 0.3 is 0 Å². The van der Waals surface area contributed by atoms with E-state index in [1.165, 1.54) is 131 Å². The summed E-state index contributed by atoms with van der Waals surface area (Å²) in [6, 6.07) is 85.4. The first-order valence-corrected chi connectivity index (χ1v) is 22.2. The molecule has 0 saturated heterocycles. The molecule has 0 fully saturated rings. The number of hydrogen-bond acceptors (Lipinski definition) is 0. The smallest absolute Gasteiger partial charge is 0.0541 e. The summed E-state index contributed by atoms with van der Waals surface area (Å²) in [5, 5.41) is 17.5. The number of rotatable bonds is 4. The minimum Gasteiger partial charge on any atom is -0.309 e. The van der Waals surface area contributed by atoms with Gasteiger partial charge in [0.15, 0.2) is 0 Å². The monoisotopic (exact) mass is 810 g/mol. The Bertz CT molecular complexity index is 3880. The Kier molecular flexibility index (Phi) is 7.43. The molecule has 0 bridgehead atoms. The van der Waals surface area contributed by atoms with E-state index in [4.69, 9.17) is 0 Å². The maximum atomic E-state index is 2.46. The molecule has 0 aliphatic heterocycles. The van der Waals surface area contributed by atoms with Crippen LogP contribution in [0.3, 0.4) is 0 Å². The highest BCUT2D eigenvalue weighted by Crippen LogP contribution is 2.46. The molecule has 0 spiro atoms. The third-order valence-corrected chi connectivity index (χ3v) is 13.9. The zero-order chi connectivity index (χ0) is 41.9. The zero-order valence-electron chi connectivity index (χ0n) is 34.8. The molecular weight excluding hydrogens is 773 g/mol. The molecule has 14 rings (SSSR count). The van der Waals surface area contributed by atoms with Crippen molar-refractivity contribution in [2.75, 3.05) is 0 Å². The molecule has 2 heteroatoms. The fourth-order valence-corrected chi connectivity index (χ4v) is 11.2. The standard InChI is InChI=1S/C62H38N2/c1-5-21-46-40(17-1)44(33-35-60(46)63-56-29-13-9-23-48(56)49-24-10-14-30-57(49)63)54-37-39-38-55(43-20-4-8-28-53(43)62(39)52-27-7-3-19-42(52)54)45-34-36-61(47-22-6-2-18-41(45)47)64-58-31-15-11-25-50(58)51-26-12-16-32-59(51)64/h1-38H. The van der Waals surface area contributed by atoms with Crippen molar-refractivity contribution in [3.8, 4) is 33.6 Å². The molecule has 0 amide bonds. The van der Waals surface area contributed by atoms with Gasteiger partial charge in [-0.05, 0) is 114 Å². The summed E-state index contributed by atoms with van der Waals surface area (Å²) in [4.78, 5) is 0. The molecule has 2 nitrogen and oxygen atoms in total. The largest absolute Gasteiger partial charge is 0.309 e. The van der Waals surface area contributed by atoms with Crippen molar-refractivity contribution in [2.24, 2.45) is 0 Å². The zero-order valence-corrected chi connectivity index (χ0v) is 34.8. The summed E-state index contributed by atoms with van der Waals surface area (Å²) in [5.74, 6) is 0. The van der Waals surface area contributed by atoms with Gasteiger partial charge in [0.25, 0.3) is 0 Å². The highest BCUT2D eigenvalue weighted by Gasteiger charge is 2.21. The number of aromatic nitrogens is 2. The molecule has 0 radical (unpaired) electrons. The molecule has 0 aliphatic rings. The maximum absolute atomic E-state index is 2.46. The van der Waals surface area contributed by atoms with Crippen LogP contribution in [0.4, 0.5) is 0 Å². The van der Waals surface area contributed by atoms with Gasteiger partial charge in [-0.3, -0.25) is 0 Å². The van der Waals surface area contributed by atoms with Gasteiger partial charge in [-0.2, -0.15) is 0 Å². The molecule has 12 aromatic carbocycles. The van der Waals surface area contributed by atoms with E-state index in [1.807, 2.05) is 0 Å². The van der Waals surface area contributed by atoms with Gasteiger partial charge in [0.1, 0.15) is 0 Å². The van der Waals surface area contributed by atoms with Crippen molar-refractivity contribution in [1.82, 2.24) is 9.13 Å². The third kappa shape index (κ3) is 4.91. The van der Waals surface area contributed by atoms with Crippen molar-refractivity contribution < 1.29 is 0 Å². The van der Waals surface area contributed by atoms with Crippen molar-refractivity contribution >= 4 is 97.5 Å². The lowest BCUT2D eigenvalue weighted by atomic mass is 9.85. The fourth-order valence-electron chi connectivity index (χ4n) is 11.2. The molecule has 0 N–H and O–H groups in total. The van der Waals surface area contributed by atoms with Crippen LogP contribution in [-0.4, -0.2) is 9.13 Å². The van der Waals surface area contributed by atoms with E-state index in [-0.39, 0.29) is 0 Å². The van der Waals surface area contributed by atoms with E-state index in [1.54, 1.807) is 0 Å². The van der Waals surface area contributed by atoms with Crippen LogP contribution in [0, 0.1) is 0 Å². The van der Waals surface area contributed by atoms with E-state index >= 15 is 0 Å². The first-order chi connectivity index (χ1) is 31.8. The number of para-hydroxylation sites is 4. The lowest BCUT2D eigenvalue weighted by Crippen LogP contribution is -1.97. The number of nitrogens with zero attached hydrogens (tertiary/aromatic N) is 2. The first kappa shape index (κ1) is 35.2. The van der Waals surface area contributed by atoms with E-state index < -0.39 is 0 Å². The van der Waals surface area contributed by atoms with Gasteiger partial charge in [-0.15, -0.1) is 0 Å². The Morgan fingerprint density at radius 1 is 0.203 bits per heavy atom. The van der Waals surface area contributed by atoms with Crippen LogP contribution in [0.15, 0.2) is 231 Å². The molecule has 64 heavy (non-hydrogen) atoms. The summed E-state index contributed by atoms with van der Waals surface area (Å²) in [6.45, 7) is 0. The average molecular weight is 811 g/mol. The van der Waals surface area contributed by atoms with Gasteiger partial charge < -0.3 is 9.13 Å². The van der Waals surface area contributed by atoms with Crippen molar-refractivity contribution in [1.29, 1.82) is 0 Å². The van der Waals surface area contributed by atoms with Crippen molar-refractivity contribution in [2.45, 2.75) is 0 Å². The lowest BCUT2D eigenvalue weighted by molar-refractivity contribution is 1.20. The Hall–Kier alpha value is -8.46. The second kappa shape index (κ2) is 13.5. The van der Waals surface area contributed by atoms with Gasteiger partial charge in [-0.25, -0.2) is 0 Å². The maximum Gasteiger partial charge on any atom is 0.0541 e. The number of benzene rings is 12. The lowest BCUT2D eigenvalue weighted by Gasteiger charge is -2.19. The van der Waals surface area contributed by atoms with Gasteiger partial charge in [0.2, 0.25) is 0 Å². The van der Waals surface area contributed by atoms with Crippen LogP contribution in [-0.2, 0) is 0 Å². The SMILES string of the molecule is c1ccc2c(-n3c4ccccc4c4ccccc43)ccc(-c3cc4cc(-c5ccc(-n6c7ccccc7c7ccccc76)c6ccccc56)c5ccccc5c4c4ccccc34)c2c1. The van der Waals surface area contributed by atoms with Gasteiger partial charge in [0.05, 0.1) is 33.4 Å². The molecule has 0 atom stereocenters. The summed E-state index contributed by atoms with van der Waals surface area (Å²) in [5.41, 5.74) is 12.2. The average Bonchev–Trinajstić information content (AvgIpc) is 3.88. The fraction of sp³-hybridized carbons (Fsp3) is 0. The van der Waals surface area contributed by atoms with E-state index in [0.29, 0.717) is 0 Å². The molecule has 296 valence electrons. The third-order valence-electron chi connectivity index (χ3n) is 13.9. The number of fused-ring (bicyclic) bond motifs is 13. The topological polar surface area (TPSA) is 9.86 Å². The summed E-state index contributed by atoms with van der Waals surface area (Å²) in [6.07, 6.45) is 0.